The number of alkyl carbamates (subject to hydrolysis) is 1. The van der Waals surface area contributed by atoms with Crippen LogP contribution in [-0.2, 0) is 19.4 Å². The first-order chi connectivity index (χ1) is 13.5. The molecule has 0 saturated heterocycles. The Labute approximate surface area is 171 Å². The molecule has 2 aromatic rings. The lowest BCUT2D eigenvalue weighted by molar-refractivity contribution is -0.110. The maximum absolute atomic E-state index is 13.3. The molecule has 1 fully saturated rings. The number of sulfone groups is 1. The van der Waals surface area contributed by atoms with Gasteiger partial charge in [0, 0.05) is 5.92 Å². The van der Waals surface area contributed by atoms with Crippen molar-refractivity contribution >= 4 is 22.2 Å². The first kappa shape index (κ1) is 21.0. The molecule has 0 spiro atoms. The minimum atomic E-state index is -3.88. The van der Waals surface area contributed by atoms with Crippen molar-refractivity contribution in [3.05, 3.63) is 65.7 Å². The fourth-order valence-corrected chi connectivity index (χ4v) is 5.86. The van der Waals surface area contributed by atoms with E-state index < -0.39 is 38.2 Å². The van der Waals surface area contributed by atoms with Crippen LogP contribution in [0.5, 0.6) is 0 Å². The van der Waals surface area contributed by atoms with Crippen molar-refractivity contribution in [3.8, 4) is 0 Å². The summed E-state index contributed by atoms with van der Waals surface area (Å²) in [5.74, 6) is -0.710. The van der Waals surface area contributed by atoms with Gasteiger partial charge in [-0.25, -0.2) is 13.2 Å². The Morgan fingerprint density at radius 2 is 1.66 bits per heavy atom. The van der Waals surface area contributed by atoms with E-state index in [1.807, 2.05) is 19.1 Å². The largest absolute Gasteiger partial charge is 0.444 e. The Bertz CT molecular complexity index is 1010. The van der Waals surface area contributed by atoms with Crippen molar-refractivity contribution in [2.45, 2.75) is 54.9 Å². The Balaban J connectivity index is 2.04. The van der Waals surface area contributed by atoms with Crippen LogP contribution < -0.4 is 5.32 Å². The van der Waals surface area contributed by atoms with E-state index in [4.69, 9.17) is 4.74 Å². The molecule has 0 aliphatic heterocycles. The molecule has 3 atom stereocenters. The number of nitrogens with one attached hydrogen (secondary N) is 1. The third kappa shape index (κ3) is 4.05. The molecule has 1 aliphatic rings. The number of amides is 1. The van der Waals surface area contributed by atoms with Crippen molar-refractivity contribution in [2.24, 2.45) is 0 Å². The van der Waals surface area contributed by atoms with Gasteiger partial charge in [0.1, 0.15) is 22.7 Å². The average Bonchev–Trinajstić information content (AvgIpc) is 3.31. The molecule has 154 valence electrons. The number of hydrogen-bond acceptors (Lipinski definition) is 5. The summed E-state index contributed by atoms with van der Waals surface area (Å²) >= 11 is 0. The molecule has 0 unspecified atom stereocenters. The zero-order valence-corrected chi connectivity index (χ0v) is 17.7. The van der Waals surface area contributed by atoms with Crippen LogP contribution in [0.15, 0.2) is 59.5 Å². The van der Waals surface area contributed by atoms with Crippen LogP contribution in [-0.4, -0.2) is 37.2 Å². The monoisotopic (exact) mass is 415 g/mol. The number of aryl methyl sites for hydroxylation is 1. The second-order valence-corrected chi connectivity index (χ2v) is 10.4. The van der Waals surface area contributed by atoms with Crippen molar-refractivity contribution in [1.82, 2.24) is 5.32 Å². The number of carbonyl (C=O) groups excluding carboxylic acids is 2. The van der Waals surface area contributed by atoms with Gasteiger partial charge in [0.05, 0.1) is 4.90 Å². The summed E-state index contributed by atoms with van der Waals surface area (Å²) in [7, 11) is -3.88. The number of ether oxygens (including phenoxy) is 1. The molecule has 0 bridgehead atoms. The molecular formula is C22H25NO5S. The maximum atomic E-state index is 13.3. The highest BCUT2D eigenvalue weighted by molar-refractivity contribution is 7.92. The van der Waals surface area contributed by atoms with Gasteiger partial charge in [-0.15, -0.1) is 0 Å². The number of hydrogen-bond donors (Lipinski definition) is 1. The molecule has 7 heteroatoms. The van der Waals surface area contributed by atoms with Gasteiger partial charge in [-0.1, -0.05) is 48.0 Å². The van der Waals surface area contributed by atoms with Crippen molar-refractivity contribution in [2.75, 3.05) is 0 Å². The number of aldehydes is 1. The van der Waals surface area contributed by atoms with Crippen LogP contribution in [0, 0.1) is 6.92 Å². The smallest absolute Gasteiger partial charge is 0.408 e. The summed E-state index contributed by atoms with van der Waals surface area (Å²) in [4.78, 5) is 24.7. The molecule has 0 heterocycles. The molecule has 0 radical (unpaired) electrons. The van der Waals surface area contributed by atoms with E-state index in [1.165, 1.54) is 12.1 Å². The summed E-state index contributed by atoms with van der Waals surface area (Å²) in [6.45, 7) is 7.01. The molecule has 1 N–H and O–H groups in total. The zero-order valence-electron chi connectivity index (χ0n) is 16.9. The lowest BCUT2D eigenvalue weighted by atomic mass is 10.1. The fraction of sp³-hybridized carbons (Fsp3) is 0.364. The van der Waals surface area contributed by atoms with Crippen LogP contribution in [0.4, 0.5) is 4.79 Å². The Morgan fingerprint density at radius 1 is 1.07 bits per heavy atom. The highest BCUT2D eigenvalue weighted by Gasteiger charge is 2.73. The molecule has 6 nitrogen and oxygen atoms in total. The first-order valence-electron chi connectivity index (χ1n) is 9.34. The van der Waals surface area contributed by atoms with Gasteiger partial charge < -0.3 is 14.8 Å². The van der Waals surface area contributed by atoms with Crippen LogP contribution in [0.25, 0.3) is 0 Å². The standard InChI is InChI=1S/C22H25NO5S/c1-15-10-12-16(13-11-15)18-19(29(26,27)17-8-6-5-7-9-17)22(18,14-24)23-20(25)28-21(2,3)4/h5-14,18-19H,1-4H3,(H,23,25)/t18-,19+,22-/m1/s1. The van der Waals surface area contributed by atoms with Crippen LogP contribution >= 0.6 is 0 Å². The molecule has 1 aliphatic carbocycles. The highest BCUT2D eigenvalue weighted by atomic mass is 32.2. The molecular weight excluding hydrogens is 390 g/mol. The van der Waals surface area contributed by atoms with E-state index in [9.17, 15) is 18.0 Å². The first-order valence-corrected chi connectivity index (χ1v) is 10.9. The fourth-order valence-electron chi connectivity index (χ4n) is 3.59. The molecule has 0 aromatic heterocycles. The number of rotatable bonds is 5. The summed E-state index contributed by atoms with van der Waals surface area (Å²) in [6, 6.07) is 15.2. The Kier molecular flexibility index (Phi) is 5.30. The number of carbonyl (C=O) groups is 2. The van der Waals surface area contributed by atoms with Crippen LogP contribution in [0.3, 0.4) is 0 Å². The molecule has 29 heavy (non-hydrogen) atoms. The third-order valence-electron chi connectivity index (χ3n) is 4.93. The average molecular weight is 416 g/mol. The van der Waals surface area contributed by atoms with Gasteiger partial charge >= 0.3 is 6.09 Å². The zero-order chi connectivity index (χ0) is 21.4. The minimum absolute atomic E-state index is 0.108. The lowest BCUT2D eigenvalue weighted by Gasteiger charge is -2.22. The summed E-state index contributed by atoms with van der Waals surface area (Å²) < 4.78 is 32.0. The predicted octanol–water partition coefficient (Wildman–Crippen LogP) is 3.40. The van der Waals surface area contributed by atoms with Gasteiger partial charge in [0.15, 0.2) is 9.84 Å². The highest BCUT2D eigenvalue weighted by Crippen LogP contribution is 2.56. The Hall–Kier alpha value is -2.67. The van der Waals surface area contributed by atoms with E-state index >= 15 is 0 Å². The second-order valence-electron chi connectivity index (χ2n) is 8.34. The predicted molar refractivity (Wildman–Crippen MR) is 110 cm³/mol. The minimum Gasteiger partial charge on any atom is -0.444 e. The van der Waals surface area contributed by atoms with E-state index in [-0.39, 0.29) is 4.90 Å². The van der Waals surface area contributed by atoms with E-state index in [2.05, 4.69) is 5.32 Å². The number of benzene rings is 2. The topological polar surface area (TPSA) is 89.5 Å². The van der Waals surface area contributed by atoms with Gasteiger partial charge in [-0.05, 0) is 45.4 Å². The van der Waals surface area contributed by atoms with Crippen LogP contribution in [0.2, 0.25) is 0 Å². The summed E-state index contributed by atoms with van der Waals surface area (Å²) in [5.41, 5.74) is -0.695. The van der Waals surface area contributed by atoms with Crippen molar-refractivity contribution in [1.29, 1.82) is 0 Å². The normalized spacial score (nSPS) is 23.9. The Morgan fingerprint density at radius 3 is 2.17 bits per heavy atom. The van der Waals surface area contributed by atoms with E-state index in [0.29, 0.717) is 11.8 Å². The van der Waals surface area contributed by atoms with E-state index in [0.717, 1.165) is 5.56 Å². The quantitative estimate of drug-likeness (QED) is 0.756. The van der Waals surface area contributed by atoms with Gasteiger partial charge in [0.25, 0.3) is 0 Å². The molecule has 3 rings (SSSR count). The van der Waals surface area contributed by atoms with Crippen LogP contribution in [0.1, 0.15) is 37.8 Å². The van der Waals surface area contributed by atoms with Gasteiger partial charge in [0.2, 0.25) is 0 Å². The maximum Gasteiger partial charge on any atom is 0.408 e. The molecule has 1 saturated carbocycles. The summed E-state index contributed by atoms with van der Waals surface area (Å²) in [6.07, 6.45) is -0.306. The van der Waals surface area contributed by atoms with E-state index in [1.54, 1.807) is 51.1 Å². The van der Waals surface area contributed by atoms with Gasteiger partial charge in [-0.3, -0.25) is 0 Å². The van der Waals surface area contributed by atoms with Crippen molar-refractivity contribution in [3.63, 3.8) is 0 Å². The second kappa shape index (κ2) is 7.30. The van der Waals surface area contributed by atoms with Gasteiger partial charge in [-0.2, -0.15) is 0 Å². The summed E-state index contributed by atoms with van der Waals surface area (Å²) in [5, 5.41) is 1.43. The van der Waals surface area contributed by atoms with Crippen molar-refractivity contribution < 1.29 is 22.7 Å². The SMILES string of the molecule is Cc1ccc([C@@H]2[C@H](S(=O)(=O)c3ccccc3)[C@]2(C=O)NC(=O)OC(C)(C)C)cc1. The third-order valence-corrected chi connectivity index (χ3v) is 7.19. The molecule has 2 aromatic carbocycles. The molecule has 1 amide bonds. The lowest BCUT2D eigenvalue weighted by Crippen LogP contribution is -2.45.